The Morgan fingerprint density at radius 2 is 2.00 bits per heavy atom. The number of halogens is 1. The van der Waals surface area contributed by atoms with Crippen LogP contribution in [0.15, 0.2) is 12.1 Å². The van der Waals surface area contributed by atoms with Crippen LogP contribution in [0.4, 0.5) is 4.39 Å². The molecule has 1 nitrogen and oxygen atoms in total. The third-order valence-corrected chi connectivity index (χ3v) is 1.29. The molecule has 0 radical (unpaired) electrons. The molecule has 0 aromatic carbocycles. The maximum Gasteiger partial charge on any atom is 0.134 e. The molecule has 0 fully saturated rings. The lowest BCUT2D eigenvalue weighted by molar-refractivity contribution is 0.477. The van der Waals surface area contributed by atoms with Crippen LogP contribution >= 0.6 is 0 Å². The van der Waals surface area contributed by atoms with Gasteiger partial charge in [-0.15, -0.1) is 0 Å². The number of hydrogen-bond donors (Lipinski definition) is 1. The molecule has 0 aliphatic heterocycles. The molecule has 2 aliphatic rings. The van der Waals surface area contributed by atoms with Crippen LogP contribution in [0.3, 0.4) is 0 Å². The van der Waals surface area contributed by atoms with E-state index < -0.39 is 0 Å². The molecule has 1 N–H and O–H groups in total. The number of benzene rings is 1. The zero-order chi connectivity index (χ0) is 5.72. The Labute approximate surface area is 45.4 Å². The quantitative estimate of drug-likeness (QED) is 0.545. The molecule has 0 amide bonds. The summed E-state index contributed by atoms with van der Waals surface area (Å²) in [4.78, 5) is 0. The maximum atomic E-state index is 12.2. The first-order valence-electron chi connectivity index (χ1n) is 2.32. The first-order chi connectivity index (χ1) is 3.79. The predicted octanol–water partition coefficient (Wildman–Crippen LogP) is 1.51. The lowest BCUT2D eigenvalue weighted by Gasteiger charge is -1.73. The van der Waals surface area contributed by atoms with Crippen molar-refractivity contribution in [2.45, 2.75) is 0 Å². The highest BCUT2D eigenvalue weighted by atomic mass is 19.1. The van der Waals surface area contributed by atoms with Crippen molar-refractivity contribution in [1.82, 2.24) is 0 Å². The van der Waals surface area contributed by atoms with Crippen LogP contribution in [0.1, 0.15) is 0 Å². The SMILES string of the molecule is Oc1cc(F)c2cc1-2. The Bertz CT molecular complexity index is 232. The van der Waals surface area contributed by atoms with Gasteiger partial charge in [-0.1, -0.05) is 0 Å². The van der Waals surface area contributed by atoms with E-state index in [4.69, 9.17) is 5.11 Å². The molecule has 0 bridgehead atoms. The van der Waals surface area contributed by atoms with Crippen molar-refractivity contribution < 1.29 is 9.50 Å². The van der Waals surface area contributed by atoms with Gasteiger partial charge in [-0.3, -0.25) is 0 Å². The van der Waals surface area contributed by atoms with Crippen molar-refractivity contribution in [2.75, 3.05) is 0 Å². The van der Waals surface area contributed by atoms with Gasteiger partial charge in [-0.25, -0.2) is 4.39 Å². The molecule has 2 heteroatoms. The zero-order valence-electron chi connectivity index (χ0n) is 3.98. The molecule has 0 unspecified atom stereocenters. The predicted molar refractivity (Wildman–Crippen MR) is 27.1 cm³/mol. The zero-order valence-corrected chi connectivity index (χ0v) is 3.98. The molecule has 0 heterocycles. The standard InChI is InChI=1S/C6H3FO/c7-5-2-6(8)4-1-3(4)5/h1-2,8H. The minimum Gasteiger partial charge on any atom is -0.507 e. The highest BCUT2D eigenvalue weighted by Crippen LogP contribution is 2.45. The second kappa shape index (κ2) is 0.869. The van der Waals surface area contributed by atoms with Crippen molar-refractivity contribution >= 4 is 0 Å². The van der Waals surface area contributed by atoms with Gasteiger partial charge in [0.1, 0.15) is 11.6 Å². The number of hydrogen-bond acceptors (Lipinski definition) is 1. The molecule has 0 saturated carbocycles. The Balaban J connectivity index is 2.72. The van der Waals surface area contributed by atoms with E-state index in [2.05, 4.69) is 0 Å². The first kappa shape index (κ1) is 3.89. The number of fused-ring (bicyclic) bond motifs is 1. The number of aromatic hydroxyl groups is 1. The smallest absolute Gasteiger partial charge is 0.134 e. The summed E-state index contributed by atoms with van der Waals surface area (Å²) < 4.78 is 12.2. The number of phenolic OH excluding ortho intramolecular Hbond substituents is 1. The van der Waals surface area contributed by atoms with Crippen molar-refractivity contribution in [3.63, 3.8) is 0 Å². The second-order valence-corrected chi connectivity index (χ2v) is 1.85. The van der Waals surface area contributed by atoms with Crippen LogP contribution < -0.4 is 0 Å². The van der Waals surface area contributed by atoms with E-state index in [9.17, 15) is 4.39 Å². The van der Waals surface area contributed by atoms with Gasteiger partial charge in [-0.2, -0.15) is 0 Å². The van der Waals surface area contributed by atoms with Gasteiger partial charge in [-0.05, 0) is 6.07 Å². The van der Waals surface area contributed by atoms with Crippen LogP contribution in [0, 0.1) is 5.82 Å². The molecule has 40 valence electrons. The van der Waals surface area contributed by atoms with Crippen LogP contribution in [-0.2, 0) is 0 Å². The van der Waals surface area contributed by atoms with Crippen molar-refractivity contribution in [2.24, 2.45) is 0 Å². The van der Waals surface area contributed by atoms with Crippen molar-refractivity contribution in [1.29, 1.82) is 0 Å². The van der Waals surface area contributed by atoms with Gasteiger partial charge >= 0.3 is 0 Å². The Morgan fingerprint density at radius 1 is 1.25 bits per heavy atom. The van der Waals surface area contributed by atoms with Crippen molar-refractivity contribution in [3.8, 4) is 16.9 Å². The molecular weight excluding hydrogens is 107 g/mol. The van der Waals surface area contributed by atoms with Gasteiger partial charge in [0.25, 0.3) is 0 Å². The van der Waals surface area contributed by atoms with E-state index in [1.54, 1.807) is 6.07 Å². The van der Waals surface area contributed by atoms with Crippen LogP contribution in [0.25, 0.3) is 11.1 Å². The molecule has 0 saturated heterocycles. The van der Waals surface area contributed by atoms with E-state index in [-0.39, 0.29) is 11.6 Å². The minimum atomic E-state index is -0.308. The summed E-state index contributed by atoms with van der Waals surface area (Å²) in [5, 5.41) is 8.72. The second-order valence-electron chi connectivity index (χ2n) is 1.85. The van der Waals surface area contributed by atoms with Crippen LogP contribution in [0.2, 0.25) is 0 Å². The lowest BCUT2D eigenvalue weighted by atomic mass is 10.5. The molecule has 0 atom stereocenters. The highest BCUT2D eigenvalue weighted by Gasteiger charge is 2.23. The maximum absolute atomic E-state index is 12.2. The first-order valence-corrected chi connectivity index (χ1v) is 2.32. The third-order valence-electron chi connectivity index (χ3n) is 1.29. The summed E-state index contributed by atoms with van der Waals surface area (Å²) in [6.07, 6.45) is 0. The van der Waals surface area contributed by atoms with Crippen LogP contribution in [0.5, 0.6) is 5.75 Å². The fourth-order valence-electron chi connectivity index (χ4n) is 0.793. The van der Waals surface area contributed by atoms with Crippen molar-refractivity contribution in [3.05, 3.63) is 17.9 Å². The lowest BCUT2D eigenvalue weighted by Crippen LogP contribution is -1.54. The number of phenols is 1. The van der Waals surface area contributed by atoms with Gasteiger partial charge in [0, 0.05) is 17.2 Å². The minimum absolute atomic E-state index is 0.0671. The van der Waals surface area contributed by atoms with Crippen LogP contribution in [-0.4, -0.2) is 5.11 Å². The third kappa shape index (κ3) is 0.269. The molecule has 2 rings (SSSR count). The largest absolute Gasteiger partial charge is 0.507 e. The fraction of sp³-hybridized carbons (Fsp3) is 0. The molecule has 2 aliphatic carbocycles. The van der Waals surface area contributed by atoms with Gasteiger partial charge in [0.2, 0.25) is 0 Å². The Morgan fingerprint density at radius 3 is 2.12 bits per heavy atom. The van der Waals surface area contributed by atoms with Gasteiger partial charge in [0.15, 0.2) is 0 Å². The highest BCUT2D eigenvalue weighted by molar-refractivity contribution is 5.87. The Kier molecular flexibility index (Phi) is 0.423. The average Bonchev–Trinajstić information content (AvgIpc) is 2.35. The molecular formula is C6H3FO. The molecule has 0 spiro atoms. The van der Waals surface area contributed by atoms with Gasteiger partial charge < -0.3 is 5.11 Å². The number of rotatable bonds is 0. The van der Waals surface area contributed by atoms with E-state index in [0.717, 1.165) is 6.07 Å². The summed E-state index contributed by atoms with van der Waals surface area (Å²) in [6.45, 7) is 0. The Hall–Kier alpha value is -1.05. The van der Waals surface area contributed by atoms with E-state index in [1.165, 1.54) is 0 Å². The summed E-state index contributed by atoms with van der Waals surface area (Å²) >= 11 is 0. The molecule has 0 aromatic rings. The molecule has 0 aromatic heterocycles. The average molecular weight is 110 g/mol. The van der Waals surface area contributed by atoms with Gasteiger partial charge in [0.05, 0.1) is 0 Å². The summed E-state index contributed by atoms with van der Waals surface area (Å²) in [6, 6.07) is 2.75. The molecule has 8 heavy (non-hydrogen) atoms. The summed E-state index contributed by atoms with van der Waals surface area (Å²) in [7, 11) is 0. The topological polar surface area (TPSA) is 20.2 Å². The van der Waals surface area contributed by atoms with E-state index in [1.807, 2.05) is 0 Å². The van der Waals surface area contributed by atoms with E-state index >= 15 is 0 Å². The monoisotopic (exact) mass is 110 g/mol. The van der Waals surface area contributed by atoms with E-state index in [0.29, 0.717) is 11.1 Å². The summed E-state index contributed by atoms with van der Waals surface area (Å²) in [5.74, 6) is -0.241. The summed E-state index contributed by atoms with van der Waals surface area (Å²) in [5.41, 5.74) is 1.24. The normalized spacial score (nSPS) is 11.6. The fourth-order valence-corrected chi connectivity index (χ4v) is 0.793.